The summed E-state index contributed by atoms with van der Waals surface area (Å²) in [5, 5.41) is 0. The molecule has 2 amide bonds. The summed E-state index contributed by atoms with van der Waals surface area (Å²) < 4.78 is 48.8. The Morgan fingerprint density at radius 3 is 1.39 bits per heavy atom. The summed E-state index contributed by atoms with van der Waals surface area (Å²) in [6.45, 7) is 2.75. The quantitative estimate of drug-likeness (QED) is 0.0665. The summed E-state index contributed by atoms with van der Waals surface area (Å²) in [7, 11) is 3.81. The Morgan fingerprint density at radius 1 is 0.578 bits per heavy atom. The first-order chi connectivity index (χ1) is 31.1. The normalized spacial score (nSPS) is 17.4. The number of nitrogens with zero attached hydrogens (tertiary/aromatic N) is 4. The van der Waals surface area contributed by atoms with E-state index in [2.05, 4.69) is 6.92 Å². The van der Waals surface area contributed by atoms with Crippen LogP contribution >= 0.6 is 7.14 Å². The van der Waals surface area contributed by atoms with E-state index in [1.807, 2.05) is 73.4 Å². The Bertz CT molecular complexity index is 2380. The van der Waals surface area contributed by atoms with Gasteiger partial charge in [-0.3, -0.25) is 19.6 Å². The van der Waals surface area contributed by atoms with Crippen LogP contribution in [0.1, 0.15) is 77.3 Å². The zero-order valence-corrected chi connectivity index (χ0v) is 38.0. The molecule has 64 heavy (non-hydrogen) atoms. The molecule has 334 valence electrons. The average Bonchev–Trinajstić information content (AvgIpc) is 3.91. The van der Waals surface area contributed by atoms with Crippen LogP contribution < -0.4 is 28.4 Å². The lowest BCUT2D eigenvalue weighted by Crippen LogP contribution is -2.32. The van der Waals surface area contributed by atoms with Gasteiger partial charge in [0.2, 0.25) is 0 Å². The first-order valence-corrected chi connectivity index (χ1v) is 24.1. The van der Waals surface area contributed by atoms with Gasteiger partial charge in [0.15, 0.2) is 23.0 Å². The number of hydrogen-bond donors (Lipinski definition) is 0. The van der Waals surface area contributed by atoms with Gasteiger partial charge in [-0.15, -0.1) is 0 Å². The number of fused-ring (bicyclic) bond motifs is 4. The molecule has 0 N–H and O–H groups in total. The van der Waals surface area contributed by atoms with Gasteiger partial charge in [0.25, 0.3) is 11.8 Å². The number of hydrogen-bond acceptors (Lipinski definition) is 11. The van der Waals surface area contributed by atoms with E-state index in [-0.39, 0.29) is 23.9 Å². The SMILES string of the molecule is CCCCP(=O)(CCCOc1cc2c(cc1OC)C(=O)N1C=C(c3ccc(OC)cc3)C[C@H]1C=N2)CCCOc1cc2c(cc1OC)C(=O)N1C=C(c3ccc(OC)cc3)C[C@H]1C=N2. The average molecular weight is 887 g/mol. The molecular weight excluding hydrogens is 832 g/mol. The lowest BCUT2D eigenvalue weighted by atomic mass is 10.0. The molecule has 0 radical (unpaired) electrons. The van der Waals surface area contributed by atoms with Crippen LogP contribution in [0.25, 0.3) is 11.1 Å². The van der Waals surface area contributed by atoms with Gasteiger partial charge in [0.1, 0.15) is 11.5 Å². The highest BCUT2D eigenvalue weighted by Gasteiger charge is 2.35. The summed E-state index contributed by atoms with van der Waals surface area (Å²) in [4.78, 5) is 40.6. The molecular formula is C50H55N4O9P. The summed E-state index contributed by atoms with van der Waals surface area (Å²) in [5.41, 5.74) is 6.05. The molecule has 4 aromatic carbocycles. The second-order valence-electron chi connectivity index (χ2n) is 16.3. The van der Waals surface area contributed by atoms with E-state index in [4.69, 9.17) is 38.4 Å². The molecule has 0 saturated heterocycles. The maximum absolute atomic E-state index is 14.3. The molecule has 0 fully saturated rings. The molecule has 0 saturated carbocycles. The van der Waals surface area contributed by atoms with Gasteiger partial charge in [0.05, 0.1) is 83.4 Å². The van der Waals surface area contributed by atoms with Crippen molar-refractivity contribution < 1.29 is 42.6 Å². The fourth-order valence-corrected chi connectivity index (χ4v) is 11.6. The van der Waals surface area contributed by atoms with Gasteiger partial charge >= 0.3 is 0 Å². The number of rotatable bonds is 19. The third-order valence-corrected chi connectivity index (χ3v) is 15.6. The van der Waals surface area contributed by atoms with Crippen LogP contribution in [0.4, 0.5) is 11.4 Å². The Kier molecular flexibility index (Phi) is 13.6. The minimum Gasteiger partial charge on any atom is -0.497 e. The molecule has 14 heteroatoms. The predicted octanol–water partition coefficient (Wildman–Crippen LogP) is 10.1. The van der Waals surface area contributed by atoms with Crippen LogP contribution in [0.5, 0.6) is 34.5 Å². The first-order valence-electron chi connectivity index (χ1n) is 21.8. The summed E-state index contributed by atoms with van der Waals surface area (Å²) in [5.74, 6) is 3.07. The molecule has 2 atom stereocenters. The van der Waals surface area contributed by atoms with Crippen LogP contribution in [-0.4, -0.2) is 106 Å². The van der Waals surface area contributed by atoms with Crippen molar-refractivity contribution >= 4 is 53.9 Å². The van der Waals surface area contributed by atoms with Gasteiger partial charge in [-0.05, 0) is 77.9 Å². The number of methoxy groups -OCH3 is 4. The van der Waals surface area contributed by atoms with Crippen LogP contribution in [0.3, 0.4) is 0 Å². The Morgan fingerprint density at radius 2 is 1.00 bits per heavy atom. The van der Waals surface area contributed by atoms with Gasteiger partial charge in [-0.25, -0.2) is 0 Å². The van der Waals surface area contributed by atoms with Crippen molar-refractivity contribution in [3.8, 4) is 34.5 Å². The molecule has 4 heterocycles. The molecule has 0 aliphatic carbocycles. The molecule has 4 aromatic rings. The smallest absolute Gasteiger partial charge is 0.260 e. The van der Waals surface area contributed by atoms with Gasteiger partial charge in [-0.2, -0.15) is 0 Å². The van der Waals surface area contributed by atoms with Crippen molar-refractivity contribution in [1.82, 2.24) is 9.80 Å². The predicted molar refractivity (Wildman–Crippen MR) is 251 cm³/mol. The van der Waals surface area contributed by atoms with Crippen LogP contribution in [0, 0.1) is 0 Å². The molecule has 0 unspecified atom stereocenters. The Hall–Kier alpha value is -6.33. The fourth-order valence-electron chi connectivity index (χ4n) is 8.60. The van der Waals surface area contributed by atoms with E-state index in [1.54, 1.807) is 62.5 Å². The highest BCUT2D eigenvalue weighted by atomic mass is 31.2. The second kappa shape index (κ2) is 19.6. The van der Waals surface area contributed by atoms with E-state index in [0.29, 0.717) is 103 Å². The van der Waals surface area contributed by atoms with E-state index in [0.717, 1.165) is 46.6 Å². The molecule has 8 rings (SSSR count). The largest absolute Gasteiger partial charge is 0.497 e. The maximum atomic E-state index is 14.3. The minimum absolute atomic E-state index is 0.158. The van der Waals surface area contributed by atoms with E-state index in [1.165, 1.54) is 0 Å². The fraction of sp³-hybridized carbons (Fsp3) is 0.360. The van der Waals surface area contributed by atoms with Gasteiger partial charge in [0, 0.05) is 68.3 Å². The van der Waals surface area contributed by atoms with Crippen molar-refractivity contribution in [3.05, 3.63) is 107 Å². The second-order valence-corrected chi connectivity index (χ2v) is 19.8. The summed E-state index contributed by atoms with van der Waals surface area (Å²) in [6.07, 6.45) is 13.4. The molecule has 4 aliphatic heterocycles. The number of aliphatic imine (C=N–C) groups is 2. The monoisotopic (exact) mass is 886 g/mol. The van der Waals surface area contributed by atoms with Crippen molar-refractivity contribution in [2.24, 2.45) is 9.98 Å². The Balaban J connectivity index is 0.863. The Labute approximate surface area is 374 Å². The zero-order chi connectivity index (χ0) is 44.8. The van der Waals surface area contributed by atoms with Crippen molar-refractivity contribution in [3.63, 3.8) is 0 Å². The van der Waals surface area contributed by atoms with Crippen LogP contribution in [-0.2, 0) is 4.57 Å². The zero-order valence-electron chi connectivity index (χ0n) is 37.1. The van der Waals surface area contributed by atoms with E-state index in [9.17, 15) is 14.2 Å². The molecule has 13 nitrogen and oxygen atoms in total. The summed E-state index contributed by atoms with van der Waals surface area (Å²) in [6, 6.07) is 22.1. The number of ether oxygens (including phenoxy) is 6. The molecule has 0 bridgehead atoms. The van der Waals surface area contributed by atoms with E-state index < -0.39 is 7.14 Å². The topological polar surface area (TPSA) is 138 Å². The number of benzene rings is 4. The third-order valence-electron chi connectivity index (χ3n) is 12.2. The first kappa shape index (κ1) is 44.3. The number of unbranched alkanes of at least 4 members (excludes halogenated alkanes) is 1. The minimum atomic E-state index is -2.56. The van der Waals surface area contributed by atoms with Gasteiger partial charge < -0.3 is 42.8 Å². The highest BCUT2D eigenvalue weighted by molar-refractivity contribution is 7.63. The highest BCUT2D eigenvalue weighted by Crippen LogP contribution is 2.48. The van der Waals surface area contributed by atoms with Crippen molar-refractivity contribution in [2.45, 2.75) is 57.5 Å². The molecule has 0 aromatic heterocycles. The number of amides is 2. The standard InChI is InChI=1S/C50H55N4O9P/c1-6-7-20-64(57,21-8-18-62-47-27-43-41(25-45(47)60-4)49(55)53-31-35(23-37(53)29-51-43)33-10-14-39(58-2)15-11-33)22-9-19-63-48-28-44-42(26-46(48)61-5)50(56)54-32-36(24-38(54)30-52-44)34-12-16-40(59-3)17-13-34/h10-17,25-32,37-38H,6-9,18-24H2,1-5H3/t37-,38-/m0/s1. The maximum Gasteiger partial charge on any atom is 0.260 e. The van der Waals surface area contributed by atoms with Crippen LogP contribution in [0.2, 0.25) is 0 Å². The number of carbonyl (C=O) groups excluding carboxylic acids is 2. The number of carbonyl (C=O) groups is 2. The van der Waals surface area contributed by atoms with Crippen molar-refractivity contribution in [2.75, 3.05) is 60.1 Å². The summed E-state index contributed by atoms with van der Waals surface area (Å²) >= 11 is 0. The third kappa shape index (κ3) is 9.45. The van der Waals surface area contributed by atoms with E-state index >= 15 is 0 Å². The van der Waals surface area contributed by atoms with Crippen molar-refractivity contribution in [1.29, 1.82) is 0 Å². The van der Waals surface area contributed by atoms with Crippen LogP contribution in [0.15, 0.2) is 95.2 Å². The lowest BCUT2D eigenvalue weighted by Gasteiger charge is -2.20. The molecule has 0 spiro atoms. The van der Waals surface area contributed by atoms with Gasteiger partial charge in [-0.1, -0.05) is 37.6 Å². The molecule has 4 aliphatic rings. The lowest BCUT2D eigenvalue weighted by molar-refractivity contribution is 0.0809.